The van der Waals surface area contributed by atoms with Gasteiger partial charge in [-0.2, -0.15) is 0 Å². The zero-order chi connectivity index (χ0) is 15.9. The van der Waals surface area contributed by atoms with E-state index in [-0.39, 0.29) is 18.3 Å². The Morgan fingerprint density at radius 1 is 1.14 bits per heavy atom. The number of carbonyl (C=O) groups excluding carboxylic acids is 1. The zero-order valence-electron chi connectivity index (χ0n) is 12.7. The first-order valence-corrected chi connectivity index (χ1v) is 6.96. The topological polar surface area (TPSA) is 41.6 Å². The molecule has 0 bridgehead atoms. The van der Waals surface area contributed by atoms with E-state index in [0.717, 1.165) is 11.3 Å². The third-order valence-corrected chi connectivity index (χ3v) is 3.14. The average molecular weight is 302 g/mol. The van der Waals surface area contributed by atoms with Crippen LogP contribution in [0, 0.1) is 5.82 Å². The molecule has 116 valence electrons. The summed E-state index contributed by atoms with van der Waals surface area (Å²) in [5.41, 5.74) is 2.09. The Morgan fingerprint density at radius 3 is 2.45 bits per heavy atom. The van der Waals surface area contributed by atoms with Crippen LogP contribution < -0.4 is 15.0 Å². The minimum Gasteiger partial charge on any atom is -0.481 e. The van der Waals surface area contributed by atoms with Gasteiger partial charge in [-0.05, 0) is 29.8 Å². The van der Waals surface area contributed by atoms with Gasteiger partial charge in [-0.15, -0.1) is 0 Å². The minimum atomic E-state index is -0.477. The normalized spacial score (nSPS) is 10.1. The molecule has 1 amide bonds. The summed E-state index contributed by atoms with van der Waals surface area (Å²) < 4.78 is 18.5. The number of hydrogen-bond acceptors (Lipinski definition) is 3. The van der Waals surface area contributed by atoms with Crippen molar-refractivity contribution in [2.45, 2.75) is 6.54 Å². The molecule has 0 aromatic heterocycles. The minimum absolute atomic E-state index is 0.0768. The van der Waals surface area contributed by atoms with Gasteiger partial charge >= 0.3 is 0 Å². The maximum atomic E-state index is 13.3. The van der Waals surface area contributed by atoms with E-state index in [4.69, 9.17) is 4.74 Å². The van der Waals surface area contributed by atoms with E-state index in [2.05, 4.69) is 5.32 Å². The lowest BCUT2D eigenvalue weighted by atomic mass is 10.2. The molecule has 0 aliphatic carbocycles. The Labute approximate surface area is 129 Å². The quantitative estimate of drug-likeness (QED) is 0.892. The van der Waals surface area contributed by atoms with E-state index in [9.17, 15) is 9.18 Å². The van der Waals surface area contributed by atoms with Crippen LogP contribution in [0.3, 0.4) is 0 Å². The number of anilines is 1. The van der Waals surface area contributed by atoms with Crippen LogP contribution in [0.15, 0.2) is 48.5 Å². The van der Waals surface area contributed by atoms with Crippen molar-refractivity contribution in [3.8, 4) is 5.75 Å². The van der Waals surface area contributed by atoms with Crippen LogP contribution in [0.4, 0.5) is 10.1 Å². The van der Waals surface area contributed by atoms with Crippen LogP contribution in [0.1, 0.15) is 5.56 Å². The first-order chi connectivity index (χ1) is 10.6. The van der Waals surface area contributed by atoms with Gasteiger partial charge in [0.1, 0.15) is 0 Å². The summed E-state index contributed by atoms with van der Waals surface area (Å²) >= 11 is 0. The summed E-state index contributed by atoms with van der Waals surface area (Å²) in [6.07, 6.45) is 0. The van der Waals surface area contributed by atoms with Gasteiger partial charge in [0.25, 0.3) is 5.91 Å². The van der Waals surface area contributed by atoms with Crippen molar-refractivity contribution in [1.82, 2.24) is 5.32 Å². The molecule has 0 saturated carbocycles. The van der Waals surface area contributed by atoms with E-state index in [1.165, 1.54) is 12.1 Å². The Bertz CT molecular complexity index is 627. The Kier molecular flexibility index (Phi) is 5.36. The molecule has 2 aromatic rings. The molecule has 0 unspecified atom stereocenters. The molecule has 1 N–H and O–H groups in total. The van der Waals surface area contributed by atoms with E-state index >= 15 is 0 Å². The van der Waals surface area contributed by atoms with Crippen LogP contribution in [-0.2, 0) is 11.3 Å². The van der Waals surface area contributed by atoms with Crippen molar-refractivity contribution in [3.05, 3.63) is 59.9 Å². The van der Waals surface area contributed by atoms with Gasteiger partial charge in [0.05, 0.1) is 0 Å². The first kappa shape index (κ1) is 15.8. The summed E-state index contributed by atoms with van der Waals surface area (Å²) in [6.45, 7) is 0.198. The Balaban J connectivity index is 1.79. The highest BCUT2D eigenvalue weighted by Crippen LogP contribution is 2.15. The lowest BCUT2D eigenvalue weighted by Crippen LogP contribution is -2.28. The van der Waals surface area contributed by atoms with Crippen molar-refractivity contribution in [3.63, 3.8) is 0 Å². The molecule has 0 fully saturated rings. The highest BCUT2D eigenvalue weighted by atomic mass is 19.1. The predicted molar refractivity (Wildman–Crippen MR) is 84.5 cm³/mol. The van der Waals surface area contributed by atoms with E-state index < -0.39 is 5.82 Å². The fourth-order valence-corrected chi connectivity index (χ4v) is 1.87. The number of nitrogens with one attached hydrogen (secondary N) is 1. The van der Waals surface area contributed by atoms with Gasteiger partial charge in [0.15, 0.2) is 18.2 Å². The maximum absolute atomic E-state index is 13.3. The molecule has 0 spiro atoms. The van der Waals surface area contributed by atoms with Gasteiger partial charge < -0.3 is 15.0 Å². The number of rotatable bonds is 6. The monoisotopic (exact) mass is 302 g/mol. The number of amides is 1. The third-order valence-electron chi connectivity index (χ3n) is 3.14. The summed E-state index contributed by atoms with van der Waals surface area (Å²) in [6, 6.07) is 13.9. The second-order valence-corrected chi connectivity index (χ2v) is 5.06. The number of benzene rings is 2. The SMILES string of the molecule is CN(C)c1ccc(CNC(=O)COc2ccccc2F)cc1. The molecule has 4 nitrogen and oxygen atoms in total. The van der Waals surface area contributed by atoms with E-state index in [1.54, 1.807) is 12.1 Å². The summed E-state index contributed by atoms with van der Waals surface area (Å²) in [5, 5.41) is 2.74. The number of halogens is 1. The molecule has 0 aliphatic rings. The molecular weight excluding hydrogens is 283 g/mol. The van der Waals surface area contributed by atoms with Crippen molar-refractivity contribution in [1.29, 1.82) is 0 Å². The van der Waals surface area contributed by atoms with Crippen LogP contribution in [0.2, 0.25) is 0 Å². The number of nitrogens with zero attached hydrogens (tertiary/aromatic N) is 1. The molecule has 22 heavy (non-hydrogen) atoms. The molecule has 0 atom stereocenters. The van der Waals surface area contributed by atoms with Gasteiger partial charge in [-0.3, -0.25) is 4.79 Å². The average Bonchev–Trinajstić information content (AvgIpc) is 2.52. The molecule has 2 rings (SSSR count). The highest BCUT2D eigenvalue weighted by molar-refractivity contribution is 5.77. The second-order valence-electron chi connectivity index (χ2n) is 5.06. The summed E-state index contributed by atoms with van der Waals surface area (Å²) in [4.78, 5) is 13.7. The molecule has 0 aliphatic heterocycles. The van der Waals surface area contributed by atoms with Gasteiger partial charge in [0, 0.05) is 26.3 Å². The first-order valence-electron chi connectivity index (χ1n) is 6.96. The lowest BCUT2D eigenvalue weighted by Gasteiger charge is -2.13. The predicted octanol–water partition coefficient (Wildman–Crippen LogP) is 2.59. The molecule has 0 radical (unpaired) electrons. The Morgan fingerprint density at radius 2 is 1.82 bits per heavy atom. The maximum Gasteiger partial charge on any atom is 0.258 e. The second kappa shape index (κ2) is 7.45. The van der Waals surface area contributed by atoms with Gasteiger partial charge in [-0.1, -0.05) is 24.3 Å². The van der Waals surface area contributed by atoms with Crippen molar-refractivity contribution >= 4 is 11.6 Å². The molecule has 0 heterocycles. The number of ether oxygens (including phenoxy) is 1. The number of carbonyl (C=O) groups is 1. The molecular formula is C17H19FN2O2. The van der Waals surface area contributed by atoms with Crippen molar-refractivity contribution < 1.29 is 13.9 Å². The zero-order valence-corrected chi connectivity index (χ0v) is 12.7. The molecule has 5 heteroatoms. The highest BCUT2D eigenvalue weighted by Gasteiger charge is 2.06. The molecule has 2 aromatic carbocycles. The lowest BCUT2D eigenvalue weighted by molar-refractivity contribution is -0.123. The Hall–Kier alpha value is -2.56. The summed E-state index contributed by atoms with van der Waals surface area (Å²) in [7, 11) is 3.94. The summed E-state index contributed by atoms with van der Waals surface area (Å²) in [5.74, 6) is -0.692. The van der Waals surface area contributed by atoms with Crippen LogP contribution >= 0.6 is 0 Å². The fraction of sp³-hybridized carbons (Fsp3) is 0.235. The third kappa shape index (κ3) is 4.48. The standard InChI is InChI=1S/C17H19FN2O2/c1-20(2)14-9-7-13(8-10-14)11-19-17(21)12-22-16-6-4-3-5-15(16)18/h3-10H,11-12H2,1-2H3,(H,19,21). The van der Waals surface area contributed by atoms with Gasteiger partial charge in [0.2, 0.25) is 0 Å². The smallest absolute Gasteiger partial charge is 0.258 e. The molecule has 0 saturated heterocycles. The van der Waals surface area contributed by atoms with Crippen molar-refractivity contribution in [2.75, 3.05) is 25.6 Å². The largest absolute Gasteiger partial charge is 0.481 e. The fourth-order valence-electron chi connectivity index (χ4n) is 1.87. The van der Waals surface area contributed by atoms with Crippen molar-refractivity contribution in [2.24, 2.45) is 0 Å². The number of hydrogen-bond donors (Lipinski definition) is 1. The van der Waals surface area contributed by atoms with Crippen LogP contribution in [-0.4, -0.2) is 26.6 Å². The van der Waals surface area contributed by atoms with Crippen LogP contribution in [0.5, 0.6) is 5.75 Å². The number of para-hydroxylation sites is 1. The van der Waals surface area contributed by atoms with E-state index in [0.29, 0.717) is 6.54 Å². The van der Waals surface area contributed by atoms with Gasteiger partial charge in [-0.25, -0.2) is 4.39 Å². The van der Waals surface area contributed by atoms with E-state index in [1.807, 2.05) is 43.3 Å². The van der Waals surface area contributed by atoms with Crippen LogP contribution in [0.25, 0.3) is 0 Å².